The van der Waals surface area contributed by atoms with E-state index in [1.807, 2.05) is 38.1 Å². The van der Waals surface area contributed by atoms with Crippen molar-refractivity contribution in [3.05, 3.63) is 81.5 Å². The van der Waals surface area contributed by atoms with Crippen LogP contribution in [0.4, 0.5) is 5.69 Å². The Morgan fingerprint density at radius 2 is 1.68 bits per heavy atom. The highest BCUT2D eigenvalue weighted by Gasteiger charge is 2.32. The minimum Gasteiger partial charge on any atom is -0.493 e. The fraction of sp³-hybridized carbons (Fsp3) is 0.389. The number of hydrogen-bond acceptors (Lipinski definition) is 8. The minimum atomic E-state index is -1.16. The maximum absolute atomic E-state index is 13.9. The first-order chi connectivity index (χ1) is 22.5. The number of aliphatic carboxylic acids is 1. The number of carbonyl (C=O) groups excluding carboxylic acids is 2. The van der Waals surface area contributed by atoms with Gasteiger partial charge in [-0.1, -0.05) is 56.7 Å². The first kappa shape index (κ1) is 34.8. The summed E-state index contributed by atoms with van der Waals surface area (Å²) in [7, 11) is 4.59. The Balaban J connectivity index is 1.80. The molecule has 1 aliphatic rings. The third kappa shape index (κ3) is 7.85. The molecule has 0 aromatic heterocycles. The van der Waals surface area contributed by atoms with Crippen molar-refractivity contribution in [2.75, 3.05) is 26.6 Å². The van der Waals surface area contributed by atoms with Gasteiger partial charge in [-0.05, 0) is 59.2 Å². The zero-order valence-corrected chi connectivity index (χ0v) is 27.6. The topological polar surface area (TPSA) is 152 Å². The molecule has 11 heteroatoms. The van der Waals surface area contributed by atoms with E-state index < -0.39 is 35.4 Å². The van der Waals surface area contributed by atoms with E-state index in [0.717, 1.165) is 11.1 Å². The zero-order chi connectivity index (χ0) is 34.2. The van der Waals surface area contributed by atoms with Gasteiger partial charge in [0.1, 0.15) is 12.1 Å². The second-order valence-electron chi connectivity index (χ2n) is 11.7. The summed E-state index contributed by atoms with van der Waals surface area (Å²) < 4.78 is 17.1. The van der Waals surface area contributed by atoms with Gasteiger partial charge < -0.3 is 35.3 Å². The molecule has 0 aliphatic heterocycles. The van der Waals surface area contributed by atoms with Crippen LogP contribution in [0.2, 0.25) is 0 Å². The Labute approximate surface area is 274 Å². The summed E-state index contributed by atoms with van der Waals surface area (Å²) in [6.45, 7) is 5.20. The third-order valence-corrected chi connectivity index (χ3v) is 8.62. The lowest BCUT2D eigenvalue weighted by molar-refractivity contribution is -0.142. The molecule has 250 valence electrons. The molecule has 0 fully saturated rings. The molecule has 11 nitrogen and oxygen atoms in total. The quantitative estimate of drug-likeness (QED) is 0.211. The lowest BCUT2D eigenvalue weighted by Crippen LogP contribution is -2.51. The van der Waals surface area contributed by atoms with Crippen molar-refractivity contribution in [2.45, 2.75) is 64.6 Å². The number of fused-ring (bicyclic) bond motifs is 3. The first-order valence-electron chi connectivity index (χ1n) is 15.6. The van der Waals surface area contributed by atoms with Gasteiger partial charge in [0.2, 0.25) is 23.0 Å². The number of carbonyl (C=O) groups is 3. The van der Waals surface area contributed by atoms with Crippen molar-refractivity contribution in [2.24, 2.45) is 5.92 Å². The van der Waals surface area contributed by atoms with Crippen LogP contribution in [-0.4, -0.2) is 56.3 Å². The molecule has 0 bridgehead atoms. The van der Waals surface area contributed by atoms with Gasteiger partial charge in [-0.2, -0.15) is 0 Å². The Kier molecular flexibility index (Phi) is 11.5. The average molecular weight is 646 g/mol. The van der Waals surface area contributed by atoms with Gasteiger partial charge in [0.25, 0.3) is 0 Å². The molecular weight excluding hydrogens is 602 g/mol. The highest BCUT2D eigenvalue weighted by molar-refractivity contribution is 5.89. The Hall–Kier alpha value is -5.06. The largest absolute Gasteiger partial charge is 0.493 e. The van der Waals surface area contributed by atoms with Crippen LogP contribution in [0.1, 0.15) is 56.3 Å². The lowest BCUT2D eigenvalue weighted by Gasteiger charge is -2.26. The number of nitrogens with one attached hydrogen (secondary N) is 3. The number of ether oxygens (including phenoxy) is 3. The number of anilines is 1. The van der Waals surface area contributed by atoms with Gasteiger partial charge in [-0.3, -0.25) is 14.4 Å². The fourth-order valence-electron chi connectivity index (χ4n) is 6.01. The predicted octanol–water partition coefficient (Wildman–Crippen LogP) is 4.50. The molecule has 4 N–H and O–H groups in total. The van der Waals surface area contributed by atoms with E-state index >= 15 is 0 Å². The number of carboxylic acid groups (broad SMARTS) is 1. The highest BCUT2D eigenvalue weighted by Crippen LogP contribution is 2.50. The van der Waals surface area contributed by atoms with Crippen molar-refractivity contribution in [1.82, 2.24) is 10.6 Å². The number of carboxylic acids is 1. The number of benzene rings is 2. The number of amides is 2. The van der Waals surface area contributed by atoms with E-state index in [0.29, 0.717) is 53.2 Å². The fourth-order valence-corrected chi connectivity index (χ4v) is 6.01. The van der Waals surface area contributed by atoms with Crippen LogP contribution in [0.15, 0.2) is 59.4 Å². The van der Waals surface area contributed by atoms with E-state index in [1.54, 1.807) is 31.4 Å². The molecule has 0 radical (unpaired) electrons. The molecule has 47 heavy (non-hydrogen) atoms. The summed E-state index contributed by atoms with van der Waals surface area (Å²) in [5.74, 6) is -0.888. The lowest BCUT2D eigenvalue weighted by atomic mass is 9.95. The van der Waals surface area contributed by atoms with Gasteiger partial charge >= 0.3 is 5.97 Å². The molecule has 4 unspecified atom stereocenters. The zero-order valence-electron chi connectivity index (χ0n) is 27.6. The second-order valence-corrected chi connectivity index (χ2v) is 11.7. The van der Waals surface area contributed by atoms with E-state index in [4.69, 9.17) is 14.2 Å². The Bertz CT molecular complexity index is 1680. The van der Waals surface area contributed by atoms with Crippen LogP contribution in [0.5, 0.6) is 17.2 Å². The average Bonchev–Trinajstić information content (AvgIpc) is 3.30. The number of rotatable bonds is 13. The van der Waals surface area contributed by atoms with Crippen LogP contribution in [0, 0.1) is 5.92 Å². The van der Waals surface area contributed by atoms with E-state index in [2.05, 4.69) is 16.0 Å². The molecule has 2 amide bonds. The monoisotopic (exact) mass is 645 g/mol. The summed E-state index contributed by atoms with van der Waals surface area (Å²) in [6.07, 6.45) is 1.75. The molecule has 0 saturated heterocycles. The molecular formula is C36H43N3O8. The van der Waals surface area contributed by atoms with Crippen LogP contribution >= 0.6 is 0 Å². The van der Waals surface area contributed by atoms with Crippen LogP contribution < -0.4 is 35.6 Å². The molecule has 4 rings (SSSR count). The van der Waals surface area contributed by atoms with Gasteiger partial charge in [-0.25, -0.2) is 4.79 Å². The van der Waals surface area contributed by atoms with Gasteiger partial charge in [-0.15, -0.1) is 0 Å². The summed E-state index contributed by atoms with van der Waals surface area (Å²) in [4.78, 5) is 52.0. The van der Waals surface area contributed by atoms with Gasteiger partial charge in [0.05, 0.1) is 33.1 Å². The van der Waals surface area contributed by atoms with Crippen LogP contribution in [0.25, 0.3) is 11.1 Å². The first-order valence-corrected chi connectivity index (χ1v) is 15.6. The van der Waals surface area contributed by atoms with Crippen molar-refractivity contribution in [3.63, 3.8) is 0 Å². The Morgan fingerprint density at radius 3 is 2.28 bits per heavy atom. The molecule has 3 aromatic rings. The predicted molar refractivity (Wildman–Crippen MR) is 179 cm³/mol. The van der Waals surface area contributed by atoms with Gasteiger partial charge in [0, 0.05) is 18.9 Å². The maximum Gasteiger partial charge on any atom is 0.326 e. The van der Waals surface area contributed by atoms with Crippen molar-refractivity contribution >= 4 is 23.5 Å². The van der Waals surface area contributed by atoms with E-state index in [-0.39, 0.29) is 23.9 Å². The van der Waals surface area contributed by atoms with Crippen LogP contribution in [-0.2, 0) is 27.2 Å². The SMILES string of the molecule is CCC(C)C(Nc1ccc2c(cc1=O)C(NC(C)=O)CCc1cc(OC)c(OC)c(OC)c1-2)C(=O)NC(Cc1ccccc1)C(=O)O. The number of aryl methyl sites for hydroxylation is 1. The van der Waals surface area contributed by atoms with Crippen molar-refractivity contribution < 1.29 is 33.7 Å². The summed E-state index contributed by atoms with van der Waals surface area (Å²) >= 11 is 0. The van der Waals surface area contributed by atoms with Crippen molar-refractivity contribution in [3.8, 4) is 28.4 Å². The summed E-state index contributed by atoms with van der Waals surface area (Å²) in [6, 6.07) is 13.2. The summed E-state index contributed by atoms with van der Waals surface area (Å²) in [5.41, 5.74) is 3.34. The van der Waals surface area contributed by atoms with Gasteiger partial charge in [0.15, 0.2) is 11.5 Å². The molecule has 0 saturated carbocycles. The smallest absolute Gasteiger partial charge is 0.326 e. The number of hydrogen-bond donors (Lipinski definition) is 4. The maximum atomic E-state index is 13.9. The van der Waals surface area contributed by atoms with E-state index in [1.165, 1.54) is 27.2 Å². The van der Waals surface area contributed by atoms with Crippen molar-refractivity contribution in [1.29, 1.82) is 0 Å². The second kappa shape index (κ2) is 15.5. The van der Waals surface area contributed by atoms with E-state index in [9.17, 15) is 24.3 Å². The molecule has 4 atom stereocenters. The number of methoxy groups -OCH3 is 3. The molecule has 0 spiro atoms. The molecule has 1 aliphatic carbocycles. The molecule has 0 heterocycles. The molecule has 3 aromatic carbocycles. The van der Waals surface area contributed by atoms with Crippen LogP contribution in [0.3, 0.4) is 0 Å². The minimum absolute atomic E-state index is 0.106. The highest BCUT2D eigenvalue weighted by atomic mass is 16.5. The third-order valence-electron chi connectivity index (χ3n) is 8.62. The Morgan fingerprint density at radius 1 is 0.979 bits per heavy atom. The normalized spacial score (nSPS) is 15.4. The summed E-state index contributed by atoms with van der Waals surface area (Å²) in [5, 5.41) is 18.7. The standard InChI is InChI=1S/C36H43N3O8/c1-7-20(2)32(35(42)39-28(36(43)44)17-22-11-9-8-10-12-22)38-27-16-14-24-25(19-29(27)41)26(37-21(3)40)15-13-23-18-30(45-4)33(46-5)34(47-6)31(23)24/h8-12,14,16,18-20,26,28,32H,7,13,15,17H2,1-6H3,(H,37,40)(H,38,41)(H,39,42)(H,43,44).